The number of methoxy groups -OCH3 is 1. The van der Waals surface area contributed by atoms with Gasteiger partial charge in [0, 0.05) is 11.4 Å². The van der Waals surface area contributed by atoms with E-state index < -0.39 is 12.8 Å². The third-order valence-corrected chi connectivity index (χ3v) is 3.66. The highest BCUT2D eigenvalue weighted by molar-refractivity contribution is 6.31. The zero-order valence-corrected chi connectivity index (χ0v) is 14.7. The fraction of sp³-hybridized carbons (Fsp3) is 0.278. The smallest absolute Gasteiger partial charge is 0.422 e. The SMILES string of the molecule is COc1ccccc1CCC(=O)Nc1cc(Cl)ccc1OCC(F)(F)F. The van der Waals surface area contributed by atoms with Crippen LogP contribution in [0.3, 0.4) is 0 Å². The van der Waals surface area contributed by atoms with Crippen LogP contribution in [0.4, 0.5) is 18.9 Å². The number of carbonyl (C=O) groups is 1. The van der Waals surface area contributed by atoms with Gasteiger partial charge in [-0.05, 0) is 36.2 Å². The van der Waals surface area contributed by atoms with Gasteiger partial charge in [0.1, 0.15) is 11.5 Å². The molecule has 1 amide bonds. The number of anilines is 1. The Balaban J connectivity index is 2.02. The molecule has 4 nitrogen and oxygen atoms in total. The summed E-state index contributed by atoms with van der Waals surface area (Å²) in [5, 5.41) is 2.81. The highest BCUT2D eigenvalue weighted by Crippen LogP contribution is 2.30. The van der Waals surface area contributed by atoms with Crippen LogP contribution in [0, 0.1) is 0 Å². The molecule has 0 bridgehead atoms. The number of carbonyl (C=O) groups excluding carboxylic acids is 1. The zero-order chi connectivity index (χ0) is 19.2. The first kappa shape index (κ1) is 19.9. The average Bonchev–Trinajstić information content (AvgIpc) is 2.58. The maximum absolute atomic E-state index is 12.3. The monoisotopic (exact) mass is 387 g/mol. The number of amides is 1. The molecule has 0 aliphatic heterocycles. The molecule has 2 aromatic carbocycles. The Kier molecular flexibility index (Phi) is 6.74. The van der Waals surface area contributed by atoms with Crippen molar-refractivity contribution in [3.8, 4) is 11.5 Å². The number of nitrogens with one attached hydrogen (secondary N) is 1. The van der Waals surface area contributed by atoms with E-state index in [4.69, 9.17) is 21.1 Å². The maximum atomic E-state index is 12.3. The number of aryl methyl sites for hydroxylation is 1. The van der Waals surface area contributed by atoms with Crippen molar-refractivity contribution in [1.29, 1.82) is 0 Å². The van der Waals surface area contributed by atoms with Crippen LogP contribution in [0.15, 0.2) is 42.5 Å². The molecule has 0 heterocycles. The van der Waals surface area contributed by atoms with Gasteiger partial charge in [0.15, 0.2) is 6.61 Å². The normalized spacial score (nSPS) is 11.1. The highest BCUT2D eigenvalue weighted by Gasteiger charge is 2.29. The van der Waals surface area contributed by atoms with Gasteiger partial charge in [0.05, 0.1) is 12.8 Å². The number of hydrogen-bond acceptors (Lipinski definition) is 3. The van der Waals surface area contributed by atoms with Gasteiger partial charge in [-0.15, -0.1) is 0 Å². The van der Waals surface area contributed by atoms with Crippen molar-refractivity contribution in [2.75, 3.05) is 19.0 Å². The van der Waals surface area contributed by atoms with Crippen molar-refractivity contribution in [3.63, 3.8) is 0 Å². The standard InChI is InChI=1S/C18H17ClF3NO3/c1-25-15-5-3-2-4-12(15)6-9-17(24)23-14-10-13(19)7-8-16(14)26-11-18(20,21)22/h2-5,7-8,10H,6,9,11H2,1H3,(H,23,24). The van der Waals surface area contributed by atoms with E-state index in [0.29, 0.717) is 12.2 Å². The molecule has 0 saturated heterocycles. The topological polar surface area (TPSA) is 47.6 Å². The molecule has 0 saturated carbocycles. The third kappa shape index (κ3) is 6.15. The number of para-hydroxylation sites is 1. The second-order valence-corrected chi connectivity index (χ2v) is 5.84. The summed E-state index contributed by atoms with van der Waals surface area (Å²) in [6.45, 7) is -1.46. The lowest BCUT2D eigenvalue weighted by atomic mass is 10.1. The predicted molar refractivity (Wildman–Crippen MR) is 92.9 cm³/mol. The Hall–Kier alpha value is -2.41. The summed E-state index contributed by atoms with van der Waals surface area (Å²) in [5.41, 5.74) is 0.941. The molecule has 0 fully saturated rings. The summed E-state index contributed by atoms with van der Waals surface area (Å²) in [5.74, 6) is 0.185. The zero-order valence-electron chi connectivity index (χ0n) is 13.9. The lowest BCUT2D eigenvalue weighted by Crippen LogP contribution is -2.20. The first-order chi connectivity index (χ1) is 12.3. The first-order valence-electron chi connectivity index (χ1n) is 7.69. The van der Waals surface area contributed by atoms with Crippen LogP contribution in [0.5, 0.6) is 11.5 Å². The first-order valence-corrected chi connectivity index (χ1v) is 8.07. The van der Waals surface area contributed by atoms with Gasteiger partial charge in [-0.25, -0.2) is 0 Å². The maximum Gasteiger partial charge on any atom is 0.422 e. The van der Waals surface area contributed by atoms with Crippen molar-refractivity contribution in [3.05, 3.63) is 53.1 Å². The summed E-state index contributed by atoms with van der Waals surface area (Å²) in [6.07, 6.45) is -3.95. The Morgan fingerprint density at radius 2 is 1.88 bits per heavy atom. The summed E-state index contributed by atoms with van der Waals surface area (Å²) in [6, 6.07) is 11.3. The van der Waals surface area contributed by atoms with Crippen LogP contribution < -0.4 is 14.8 Å². The van der Waals surface area contributed by atoms with Crippen molar-refractivity contribution >= 4 is 23.2 Å². The van der Waals surface area contributed by atoms with E-state index in [9.17, 15) is 18.0 Å². The molecule has 0 aromatic heterocycles. The van der Waals surface area contributed by atoms with Crippen molar-refractivity contribution in [1.82, 2.24) is 0 Å². The number of ether oxygens (including phenoxy) is 2. The Bertz CT molecular complexity index is 766. The lowest BCUT2D eigenvalue weighted by molar-refractivity contribution is -0.153. The summed E-state index contributed by atoms with van der Waals surface area (Å²) < 4.78 is 47.0. The Morgan fingerprint density at radius 3 is 2.58 bits per heavy atom. The van der Waals surface area contributed by atoms with Crippen LogP contribution in [0.1, 0.15) is 12.0 Å². The minimum atomic E-state index is -4.48. The molecule has 0 radical (unpaired) electrons. The predicted octanol–water partition coefficient (Wildman–Crippen LogP) is 4.86. The number of benzene rings is 2. The number of rotatable bonds is 7. The van der Waals surface area contributed by atoms with Crippen molar-refractivity contribution in [2.45, 2.75) is 19.0 Å². The fourth-order valence-corrected chi connectivity index (χ4v) is 2.43. The van der Waals surface area contributed by atoms with Gasteiger partial charge in [0.2, 0.25) is 5.91 Å². The minimum Gasteiger partial charge on any atom is -0.496 e. The van der Waals surface area contributed by atoms with Gasteiger partial charge in [-0.2, -0.15) is 13.2 Å². The Labute approximate surface area is 153 Å². The number of halogens is 4. The van der Waals surface area contributed by atoms with E-state index in [2.05, 4.69) is 5.32 Å². The summed E-state index contributed by atoms with van der Waals surface area (Å²) >= 11 is 5.86. The molecule has 0 atom stereocenters. The van der Waals surface area contributed by atoms with E-state index in [-0.39, 0.29) is 28.8 Å². The average molecular weight is 388 g/mol. The van der Waals surface area contributed by atoms with E-state index in [1.54, 1.807) is 6.07 Å². The highest BCUT2D eigenvalue weighted by atomic mass is 35.5. The molecular weight excluding hydrogens is 371 g/mol. The molecule has 8 heteroatoms. The Morgan fingerprint density at radius 1 is 1.15 bits per heavy atom. The quantitative estimate of drug-likeness (QED) is 0.738. The molecular formula is C18H17ClF3NO3. The van der Waals surface area contributed by atoms with Gasteiger partial charge in [-0.1, -0.05) is 29.8 Å². The molecule has 26 heavy (non-hydrogen) atoms. The molecule has 140 valence electrons. The van der Waals surface area contributed by atoms with Crippen molar-refractivity contribution < 1.29 is 27.4 Å². The second kappa shape index (κ2) is 8.80. The van der Waals surface area contributed by atoms with Gasteiger partial charge >= 0.3 is 6.18 Å². The van der Waals surface area contributed by atoms with Crippen LogP contribution in [0.2, 0.25) is 5.02 Å². The number of alkyl halides is 3. The fourth-order valence-electron chi connectivity index (χ4n) is 2.26. The minimum absolute atomic E-state index is 0.0896. The summed E-state index contributed by atoms with van der Waals surface area (Å²) in [4.78, 5) is 12.2. The van der Waals surface area contributed by atoms with Crippen LogP contribution in [0.25, 0.3) is 0 Å². The molecule has 0 aliphatic carbocycles. The van der Waals surface area contributed by atoms with Gasteiger partial charge in [0.25, 0.3) is 0 Å². The lowest BCUT2D eigenvalue weighted by Gasteiger charge is -2.14. The van der Waals surface area contributed by atoms with Crippen LogP contribution >= 0.6 is 11.6 Å². The van der Waals surface area contributed by atoms with Gasteiger partial charge in [-0.3, -0.25) is 4.79 Å². The molecule has 2 rings (SSSR count). The van der Waals surface area contributed by atoms with E-state index in [0.717, 1.165) is 5.56 Å². The molecule has 0 aliphatic rings. The molecule has 2 aromatic rings. The largest absolute Gasteiger partial charge is 0.496 e. The van der Waals surface area contributed by atoms with E-state index >= 15 is 0 Å². The molecule has 0 spiro atoms. The molecule has 1 N–H and O–H groups in total. The summed E-state index contributed by atoms with van der Waals surface area (Å²) in [7, 11) is 1.54. The second-order valence-electron chi connectivity index (χ2n) is 5.40. The number of hydrogen-bond donors (Lipinski definition) is 1. The van der Waals surface area contributed by atoms with E-state index in [1.807, 2.05) is 18.2 Å². The van der Waals surface area contributed by atoms with Crippen molar-refractivity contribution in [2.24, 2.45) is 0 Å². The van der Waals surface area contributed by atoms with Gasteiger partial charge < -0.3 is 14.8 Å². The third-order valence-electron chi connectivity index (χ3n) is 3.42. The molecule has 0 unspecified atom stereocenters. The van der Waals surface area contributed by atoms with E-state index in [1.165, 1.54) is 25.3 Å². The van der Waals surface area contributed by atoms with Crippen LogP contribution in [-0.4, -0.2) is 25.8 Å². The van der Waals surface area contributed by atoms with Crippen LogP contribution in [-0.2, 0) is 11.2 Å².